The summed E-state index contributed by atoms with van der Waals surface area (Å²) in [4.78, 5) is 4.13. The summed E-state index contributed by atoms with van der Waals surface area (Å²) < 4.78 is 13.1. The quantitative estimate of drug-likeness (QED) is 0.451. The molecule has 0 aromatic heterocycles. The molecule has 1 atom stereocenters. The highest BCUT2D eigenvalue weighted by Crippen LogP contribution is 2.28. The molecule has 0 saturated heterocycles. The largest absolute Gasteiger partial charge is 0.392 e. The molecule has 2 rings (SSSR count). The molecule has 1 aromatic rings. The highest BCUT2D eigenvalue weighted by Gasteiger charge is 2.23. The molecule has 1 saturated carbocycles. The molecular weight excluding hydrogens is 259 g/mol. The molecular formula is C15H21FN2O2. The Kier molecular flexibility index (Phi) is 5.49. The van der Waals surface area contributed by atoms with E-state index in [4.69, 9.17) is 5.21 Å². The number of nitrogens with zero attached hydrogens (tertiary/aromatic N) is 1. The lowest BCUT2D eigenvalue weighted by Gasteiger charge is -2.26. The number of amidine groups is 1. The number of rotatable bonds is 4. The third-order valence-electron chi connectivity index (χ3n) is 3.80. The number of aliphatic hydroxyl groups excluding tert-OH is 1. The standard InChI is InChI=1S/C15H21FN2O2/c16-12-7-4-8-13(9-12)17-15(18-20)10-14(19)11-5-2-1-3-6-11/h4,7-9,11,14,19-20H,1-3,5-6,10H2,(H,17,18). The van der Waals surface area contributed by atoms with Crippen molar-refractivity contribution in [3.63, 3.8) is 0 Å². The molecule has 0 aliphatic heterocycles. The minimum Gasteiger partial charge on any atom is -0.392 e. The monoisotopic (exact) mass is 280 g/mol. The van der Waals surface area contributed by atoms with Gasteiger partial charge in [-0.1, -0.05) is 25.3 Å². The number of nitrogens with one attached hydrogen (secondary N) is 1. The molecule has 0 bridgehead atoms. The van der Waals surface area contributed by atoms with Gasteiger partial charge in [-0.25, -0.2) is 9.38 Å². The summed E-state index contributed by atoms with van der Waals surface area (Å²) in [5.41, 5.74) is 2.42. The molecule has 0 radical (unpaired) electrons. The number of halogens is 1. The summed E-state index contributed by atoms with van der Waals surface area (Å²) in [6, 6.07) is 5.82. The first-order valence-corrected chi connectivity index (χ1v) is 7.10. The number of benzene rings is 1. The van der Waals surface area contributed by atoms with E-state index in [-0.39, 0.29) is 24.0 Å². The van der Waals surface area contributed by atoms with Crippen molar-refractivity contribution in [3.8, 4) is 0 Å². The van der Waals surface area contributed by atoms with E-state index in [9.17, 15) is 9.50 Å². The molecule has 1 aromatic carbocycles. The van der Waals surface area contributed by atoms with Crippen molar-refractivity contribution in [2.45, 2.75) is 44.6 Å². The van der Waals surface area contributed by atoms with Gasteiger partial charge in [-0.15, -0.1) is 0 Å². The lowest BCUT2D eigenvalue weighted by molar-refractivity contribution is 0.0875. The second-order valence-corrected chi connectivity index (χ2v) is 5.32. The number of hydrogen-bond acceptors (Lipinski definition) is 3. The Morgan fingerprint density at radius 3 is 2.75 bits per heavy atom. The fraction of sp³-hybridized carbons (Fsp3) is 0.533. The van der Waals surface area contributed by atoms with Gasteiger partial charge < -0.3 is 5.11 Å². The van der Waals surface area contributed by atoms with Crippen molar-refractivity contribution in [1.29, 1.82) is 0 Å². The average molecular weight is 280 g/mol. The van der Waals surface area contributed by atoms with Gasteiger partial charge in [0.05, 0.1) is 11.8 Å². The van der Waals surface area contributed by atoms with Crippen LogP contribution in [0.25, 0.3) is 0 Å². The third kappa shape index (κ3) is 4.28. The average Bonchev–Trinajstić information content (AvgIpc) is 2.47. The van der Waals surface area contributed by atoms with Gasteiger partial charge in [0.15, 0.2) is 0 Å². The van der Waals surface area contributed by atoms with Gasteiger partial charge in [-0.3, -0.25) is 10.7 Å². The van der Waals surface area contributed by atoms with E-state index in [1.54, 1.807) is 12.1 Å². The van der Waals surface area contributed by atoms with E-state index in [0.717, 1.165) is 25.7 Å². The van der Waals surface area contributed by atoms with Gasteiger partial charge in [0.1, 0.15) is 11.7 Å². The van der Waals surface area contributed by atoms with Crippen LogP contribution in [0.2, 0.25) is 0 Å². The van der Waals surface area contributed by atoms with Crippen LogP contribution in [-0.4, -0.2) is 22.3 Å². The maximum Gasteiger partial charge on any atom is 0.128 e. The first kappa shape index (κ1) is 14.9. The predicted molar refractivity (Wildman–Crippen MR) is 75.6 cm³/mol. The van der Waals surface area contributed by atoms with Gasteiger partial charge in [-0.2, -0.15) is 0 Å². The van der Waals surface area contributed by atoms with Crippen LogP contribution in [0.15, 0.2) is 29.3 Å². The van der Waals surface area contributed by atoms with E-state index in [1.807, 2.05) is 5.48 Å². The fourth-order valence-electron chi connectivity index (χ4n) is 2.70. The van der Waals surface area contributed by atoms with E-state index < -0.39 is 6.10 Å². The van der Waals surface area contributed by atoms with E-state index in [2.05, 4.69) is 4.99 Å². The normalized spacial score (nSPS) is 18.9. The van der Waals surface area contributed by atoms with E-state index >= 15 is 0 Å². The molecule has 4 nitrogen and oxygen atoms in total. The van der Waals surface area contributed by atoms with Gasteiger partial charge in [0.2, 0.25) is 0 Å². The van der Waals surface area contributed by atoms with Crippen molar-refractivity contribution >= 4 is 11.5 Å². The zero-order valence-electron chi connectivity index (χ0n) is 11.4. The van der Waals surface area contributed by atoms with Crippen LogP contribution in [0.5, 0.6) is 0 Å². The third-order valence-corrected chi connectivity index (χ3v) is 3.80. The number of aliphatic hydroxyl groups is 1. The van der Waals surface area contributed by atoms with Gasteiger partial charge in [-0.05, 0) is 37.0 Å². The molecule has 1 unspecified atom stereocenters. The van der Waals surface area contributed by atoms with Crippen molar-refractivity contribution < 1.29 is 14.7 Å². The Hall–Kier alpha value is -1.46. The maximum absolute atomic E-state index is 13.1. The molecule has 3 N–H and O–H groups in total. The molecule has 110 valence electrons. The first-order valence-electron chi connectivity index (χ1n) is 7.10. The van der Waals surface area contributed by atoms with Crippen molar-refractivity contribution in [1.82, 2.24) is 5.48 Å². The summed E-state index contributed by atoms with van der Waals surface area (Å²) in [6.07, 6.45) is 5.26. The number of hydroxylamine groups is 1. The predicted octanol–water partition coefficient (Wildman–Crippen LogP) is 3.17. The summed E-state index contributed by atoms with van der Waals surface area (Å²) in [5, 5.41) is 19.3. The zero-order valence-corrected chi connectivity index (χ0v) is 11.4. The minimum absolute atomic E-state index is 0.248. The van der Waals surface area contributed by atoms with Crippen LogP contribution in [0.3, 0.4) is 0 Å². The van der Waals surface area contributed by atoms with Crippen molar-refractivity contribution in [2.75, 3.05) is 0 Å². The maximum atomic E-state index is 13.1. The van der Waals surface area contributed by atoms with Crippen LogP contribution in [0.4, 0.5) is 10.1 Å². The van der Waals surface area contributed by atoms with Crippen LogP contribution >= 0.6 is 0 Å². The van der Waals surface area contributed by atoms with Gasteiger partial charge in [0, 0.05) is 6.42 Å². The molecule has 0 heterocycles. The molecule has 1 aliphatic carbocycles. The van der Waals surface area contributed by atoms with Crippen molar-refractivity contribution in [3.05, 3.63) is 30.1 Å². The van der Waals surface area contributed by atoms with Crippen LogP contribution in [-0.2, 0) is 0 Å². The summed E-state index contributed by atoms with van der Waals surface area (Å²) in [5.74, 6) is 0.139. The minimum atomic E-state index is -0.526. The topological polar surface area (TPSA) is 64.8 Å². The Morgan fingerprint density at radius 2 is 2.10 bits per heavy atom. The Morgan fingerprint density at radius 1 is 1.35 bits per heavy atom. The molecule has 0 amide bonds. The van der Waals surface area contributed by atoms with Crippen LogP contribution < -0.4 is 5.48 Å². The van der Waals surface area contributed by atoms with Crippen molar-refractivity contribution in [2.24, 2.45) is 10.9 Å². The van der Waals surface area contributed by atoms with Crippen LogP contribution in [0.1, 0.15) is 38.5 Å². The second-order valence-electron chi connectivity index (χ2n) is 5.32. The van der Waals surface area contributed by atoms with E-state index in [0.29, 0.717) is 5.69 Å². The lowest BCUT2D eigenvalue weighted by Crippen LogP contribution is -2.30. The smallest absolute Gasteiger partial charge is 0.128 e. The Bertz CT molecular complexity index is 459. The van der Waals surface area contributed by atoms with Gasteiger partial charge >= 0.3 is 0 Å². The summed E-state index contributed by atoms with van der Waals surface area (Å²) >= 11 is 0. The fourth-order valence-corrected chi connectivity index (χ4v) is 2.70. The molecule has 0 spiro atoms. The molecule has 5 heteroatoms. The molecule has 20 heavy (non-hydrogen) atoms. The SMILES string of the molecule is ONC(CC(O)C1CCCCC1)=Nc1cccc(F)c1. The second kappa shape index (κ2) is 7.36. The Labute approximate surface area is 118 Å². The molecule has 1 aliphatic rings. The van der Waals surface area contributed by atoms with E-state index in [1.165, 1.54) is 18.6 Å². The number of hydrogen-bond donors (Lipinski definition) is 3. The lowest BCUT2D eigenvalue weighted by atomic mass is 9.84. The molecule has 1 fully saturated rings. The highest BCUT2D eigenvalue weighted by atomic mass is 19.1. The first-order chi connectivity index (χ1) is 9.69. The van der Waals surface area contributed by atoms with Crippen LogP contribution in [0, 0.1) is 11.7 Å². The number of aliphatic imine (C=N–C) groups is 1. The van der Waals surface area contributed by atoms with Gasteiger partial charge in [0.25, 0.3) is 0 Å². The zero-order chi connectivity index (χ0) is 14.4. The summed E-state index contributed by atoms with van der Waals surface area (Å²) in [6.45, 7) is 0. The highest BCUT2D eigenvalue weighted by molar-refractivity contribution is 5.84. The summed E-state index contributed by atoms with van der Waals surface area (Å²) in [7, 11) is 0. The Balaban J connectivity index is 2.00.